The molecule has 1 aromatic rings. The van der Waals surface area contributed by atoms with Gasteiger partial charge in [-0.1, -0.05) is 31.2 Å². The van der Waals surface area contributed by atoms with E-state index in [9.17, 15) is 0 Å². The predicted molar refractivity (Wildman–Crippen MR) is 75.1 cm³/mol. The third kappa shape index (κ3) is 3.55. The normalized spacial score (nSPS) is 13.4. The van der Waals surface area contributed by atoms with E-state index in [1.807, 2.05) is 0 Å². The first-order valence-electron chi connectivity index (χ1n) is 6.63. The van der Waals surface area contributed by atoms with Crippen molar-refractivity contribution in [3.63, 3.8) is 0 Å². The lowest BCUT2D eigenvalue weighted by Gasteiger charge is -2.35. The molecule has 0 aliphatic rings. The van der Waals surface area contributed by atoms with Crippen molar-refractivity contribution in [2.75, 3.05) is 13.1 Å². The van der Waals surface area contributed by atoms with E-state index in [-0.39, 0.29) is 0 Å². The summed E-state index contributed by atoms with van der Waals surface area (Å²) in [4.78, 5) is 2.50. The Morgan fingerprint density at radius 3 is 2.35 bits per heavy atom. The van der Waals surface area contributed by atoms with Gasteiger partial charge in [0.25, 0.3) is 0 Å². The van der Waals surface area contributed by atoms with Gasteiger partial charge in [0.1, 0.15) is 0 Å². The zero-order valence-corrected chi connectivity index (χ0v) is 11.6. The van der Waals surface area contributed by atoms with Crippen molar-refractivity contribution >= 4 is 0 Å². The fourth-order valence-electron chi connectivity index (χ4n) is 2.43. The van der Waals surface area contributed by atoms with Crippen LogP contribution in [0.2, 0.25) is 0 Å². The predicted octanol–water partition coefficient (Wildman–Crippen LogP) is 3.12. The minimum Gasteiger partial charge on any atom is -0.329 e. The summed E-state index contributed by atoms with van der Waals surface area (Å²) < 4.78 is 0. The highest BCUT2D eigenvalue weighted by Crippen LogP contribution is 2.24. The highest BCUT2D eigenvalue weighted by atomic mass is 15.2. The SMILES string of the molecule is CCCN(C(C)C)C(CN)c1ccccc1C. The molecule has 2 N–H and O–H groups in total. The van der Waals surface area contributed by atoms with E-state index in [4.69, 9.17) is 5.73 Å². The fraction of sp³-hybridized carbons (Fsp3) is 0.600. The van der Waals surface area contributed by atoms with E-state index in [1.54, 1.807) is 0 Å². The van der Waals surface area contributed by atoms with Gasteiger partial charge < -0.3 is 5.73 Å². The second-order valence-corrected chi connectivity index (χ2v) is 4.94. The van der Waals surface area contributed by atoms with Crippen molar-refractivity contribution in [2.45, 2.75) is 46.2 Å². The van der Waals surface area contributed by atoms with Crippen LogP contribution in [-0.4, -0.2) is 24.0 Å². The molecule has 1 rings (SSSR count). The van der Waals surface area contributed by atoms with Crippen LogP contribution < -0.4 is 5.73 Å². The number of rotatable bonds is 6. The molecule has 0 spiro atoms. The van der Waals surface area contributed by atoms with Crippen molar-refractivity contribution in [3.8, 4) is 0 Å². The van der Waals surface area contributed by atoms with Crippen molar-refractivity contribution in [1.82, 2.24) is 4.90 Å². The summed E-state index contributed by atoms with van der Waals surface area (Å²) >= 11 is 0. The molecule has 0 aromatic heterocycles. The molecule has 0 saturated heterocycles. The molecule has 2 nitrogen and oxygen atoms in total. The number of hydrogen-bond acceptors (Lipinski definition) is 2. The van der Waals surface area contributed by atoms with Gasteiger partial charge in [0.15, 0.2) is 0 Å². The number of nitrogens with zero attached hydrogens (tertiary/aromatic N) is 1. The van der Waals surface area contributed by atoms with Crippen molar-refractivity contribution in [3.05, 3.63) is 35.4 Å². The fourth-order valence-corrected chi connectivity index (χ4v) is 2.43. The Balaban J connectivity index is 3.00. The molecule has 96 valence electrons. The van der Waals surface area contributed by atoms with E-state index >= 15 is 0 Å². The van der Waals surface area contributed by atoms with Crippen molar-refractivity contribution in [1.29, 1.82) is 0 Å². The highest BCUT2D eigenvalue weighted by Gasteiger charge is 2.21. The molecular weight excluding hydrogens is 208 g/mol. The van der Waals surface area contributed by atoms with Crippen LogP contribution in [0, 0.1) is 6.92 Å². The lowest BCUT2D eigenvalue weighted by atomic mass is 9.98. The molecule has 0 bridgehead atoms. The van der Waals surface area contributed by atoms with Crippen LogP contribution in [0.25, 0.3) is 0 Å². The minimum absolute atomic E-state index is 0.344. The van der Waals surface area contributed by atoms with E-state index in [0.717, 1.165) is 6.54 Å². The molecule has 1 unspecified atom stereocenters. The molecule has 0 amide bonds. The summed E-state index contributed by atoms with van der Waals surface area (Å²) in [6.07, 6.45) is 1.17. The highest BCUT2D eigenvalue weighted by molar-refractivity contribution is 5.29. The summed E-state index contributed by atoms with van der Waals surface area (Å²) in [5, 5.41) is 0. The van der Waals surface area contributed by atoms with Gasteiger partial charge in [-0.2, -0.15) is 0 Å². The van der Waals surface area contributed by atoms with E-state index in [0.29, 0.717) is 18.6 Å². The first-order chi connectivity index (χ1) is 8.11. The lowest BCUT2D eigenvalue weighted by Crippen LogP contribution is -2.39. The standard InChI is InChI=1S/C15H26N2/c1-5-10-17(12(2)3)15(11-16)14-9-7-6-8-13(14)4/h6-9,12,15H,5,10-11,16H2,1-4H3. The van der Waals surface area contributed by atoms with Gasteiger partial charge in [-0.05, 0) is 44.9 Å². The molecule has 0 aliphatic heterocycles. The molecule has 0 heterocycles. The van der Waals surface area contributed by atoms with E-state index < -0.39 is 0 Å². The Morgan fingerprint density at radius 1 is 1.24 bits per heavy atom. The third-order valence-corrected chi connectivity index (χ3v) is 3.32. The minimum atomic E-state index is 0.344. The average Bonchev–Trinajstić information content (AvgIpc) is 2.31. The molecule has 1 aromatic carbocycles. The molecule has 0 fully saturated rings. The van der Waals surface area contributed by atoms with Gasteiger partial charge >= 0.3 is 0 Å². The van der Waals surface area contributed by atoms with Crippen LogP contribution in [0.5, 0.6) is 0 Å². The largest absolute Gasteiger partial charge is 0.329 e. The quantitative estimate of drug-likeness (QED) is 0.819. The molecule has 0 aliphatic carbocycles. The van der Waals surface area contributed by atoms with Crippen LogP contribution in [0.1, 0.15) is 44.4 Å². The van der Waals surface area contributed by atoms with E-state index in [2.05, 4.69) is 56.9 Å². The summed E-state index contributed by atoms with van der Waals surface area (Å²) in [7, 11) is 0. The molecule has 1 atom stereocenters. The average molecular weight is 234 g/mol. The molecule has 0 saturated carbocycles. The van der Waals surface area contributed by atoms with Crippen LogP contribution in [0.4, 0.5) is 0 Å². The molecule has 2 heteroatoms. The first kappa shape index (κ1) is 14.2. The third-order valence-electron chi connectivity index (χ3n) is 3.32. The maximum Gasteiger partial charge on any atom is 0.0475 e. The zero-order valence-electron chi connectivity index (χ0n) is 11.6. The molecule has 17 heavy (non-hydrogen) atoms. The summed E-state index contributed by atoms with van der Waals surface area (Å²) in [5.41, 5.74) is 8.71. The Morgan fingerprint density at radius 2 is 1.88 bits per heavy atom. The smallest absolute Gasteiger partial charge is 0.0475 e. The Hall–Kier alpha value is -0.860. The topological polar surface area (TPSA) is 29.3 Å². The van der Waals surface area contributed by atoms with Gasteiger partial charge in [0, 0.05) is 18.6 Å². The van der Waals surface area contributed by atoms with Crippen molar-refractivity contribution in [2.24, 2.45) is 5.73 Å². The van der Waals surface area contributed by atoms with Gasteiger partial charge in [-0.15, -0.1) is 0 Å². The summed E-state index contributed by atoms with van der Waals surface area (Å²) in [6, 6.07) is 9.45. The van der Waals surface area contributed by atoms with Gasteiger partial charge in [0.05, 0.1) is 0 Å². The van der Waals surface area contributed by atoms with Crippen LogP contribution >= 0.6 is 0 Å². The Labute approximate surface area is 106 Å². The number of hydrogen-bond donors (Lipinski definition) is 1. The maximum absolute atomic E-state index is 6.00. The summed E-state index contributed by atoms with van der Waals surface area (Å²) in [6.45, 7) is 10.7. The molecular formula is C15H26N2. The summed E-state index contributed by atoms with van der Waals surface area (Å²) in [5.74, 6) is 0. The Bertz CT molecular complexity index is 333. The number of aryl methyl sites for hydroxylation is 1. The monoisotopic (exact) mass is 234 g/mol. The second kappa shape index (κ2) is 6.77. The van der Waals surface area contributed by atoms with Crippen LogP contribution in [0.15, 0.2) is 24.3 Å². The van der Waals surface area contributed by atoms with Gasteiger partial charge in [-0.25, -0.2) is 0 Å². The van der Waals surface area contributed by atoms with Gasteiger partial charge in [-0.3, -0.25) is 4.90 Å². The Kier molecular flexibility index (Phi) is 5.66. The van der Waals surface area contributed by atoms with Gasteiger partial charge in [0.2, 0.25) is 0 Å². The second-order valence-electron chi connectivity index (χ2n) is 4.94. The van der Waals surface area contributed by atoms with Crippen molar-refractivity contribution < 1.29 is 0 Å². The number of benzene rings is 1. The maximum atomic E-state index is 6.00. The van der Waals surface area contributed by atoms with Crippen LogP contribution in [-0.2, 0) is 0 Å². The number of nitrogens with two attached hydrogens (primary N) is 1. The van der Waals surface area contributed by atoms with Crippen LogP contribution in [0.3, 0.4) is 0 Å². The first-order valence-corrected chi connectivity index (χ1v) is 6.63. The zero-order chi connectivity index (χ0) is 12.8. The lowest BCUT2D eigenvalue weighted by molar-refractivity contribution is 0.157. The van der Waals surface area contributed by atoms with E-state index in [1.165, 1.54) is 17.5 Å². The molecule has 0 radical (unpaired) electrons.